The number of benzene rings is 2. The zero-order valence-electron chi connectivity index (χ0n) is 11.8. The molecule has 106 valence electrons. The Labute approximate surface area is 129 Å². The molecule has 0 heterocycles. The number of aryl methyl sites for hydroxylation is 1. The van der Waals surface area contributed by atoms with Gasteiger partial charge in [0.2, 0.25) is 0 Å². The summed E-state index contributed by atoms with van der Waals surface area (Å²) in [6.07, 6.45) is 0. The van der Waals surface area contributed by atoms with Gasteiger partial charge in [-0.05, 0) is 43.2 Å². The van der Waals surface area contributed by atoms with Crippen molar-refractivity contribution in [1.29, 1.82) is 0 Å². The van der Waals surface area contributed by atoms with Crippen LogP contribution in [0.1, 0.15) is 16.7 Å². The third kappa shape index (κ3) is 3.20. The van der Waals surface area contributed by atoms with Crippen molar-refractivity contribution in [3.63, 3.8) is 0 Å². The first-order chi connectivity index (χ1) is 9.52. The topological polar surface area (TPSA) is 21.3 Å². The molecule has 0 atom stereocenters. The van der Waals surface area contributed by atoms with E-state index in [0.29, 0.717) is 22.3 Å². The molecule has 1 N–H and O–H groups in total. The normalized spacial score (nSPS) is 10.4. The fourth-order valence-corrected chi connectivity index (χ4v) is 2.72. The molecule has 0 aromatic heterocycles. The number of nitrogens with one attached hydrogen (secondary N) is 1. The minimum Gasteiger partial charge on any atom is -0.495 e. The molecular formula is C16H17Cl2NO. The van der Waals surface area contributed by atoms with E-state index in [-0.39, 0.29) is 0 Å². The molecule has 0 bridgehead atoms. The van der Waals surface area contributed by atoms with Gasteiger partial charge in [0.25, 0.3) is 0 Å². The van der Waals surface area contributed by atoms with Crippen LogP contribution in [0.2, 0.25) is 10.0 Å². The molecule has 0 aliphatic heterocycles. The van der Waals surface area contributed by atoms with Crippen molar-refractivity contribution in [3.8, 4) is 5.75 Å². The first-order valence-electron chi connectivity index (χ1n) is 6.35. The molecule has 0 spiro atoms. The average Bonchev–Trinajstić information content (AvgIpc) is 2.40. The smallest absolute Gasteiger partial charge is 0.142 e. The summed E-state index contributed by atoms with van der Waals surface area (Å²) >= 11 is 12.2. The second-order valence-corrected chi connectivity index (χ2v) is 5.52. The molecule has 2 rings (SSSR count). The van der Waals surface area contributed by atoms with Crippen LogP contribution in [0.5, 0.6) is 5.75 Å². The lowest BCUT2D eigenvalue weighted by Crippen LogP contribution is -2.04. The van der Waals surface area contributed by atoms with E-state index < -0.39 is 0 Å². The molecular weight excluding hydrogens is 293 g/mol. The van der Waals surface area contributed by atoms with Gasteiger partial charge in [-0.2, -0.15) is 0 Å². The Morgan fingerprint density at radius 3 is 2.60 bits per heavy atom. The minimum atomic E-state index is 0.526. The Kier molecular flexibility index (Phi) is 4.79. The quantitative estimate of drug-likeness (QED) is 0.835. The summed E-state index contributed by atoms with van der Waals surface area (Å²) in [6.45, 7) is 4.80. The largest absolute Gasteiger partial charge is 0.495 e. The zero-order valence-corrected chi connectivity index (χ0v) is 13.3. The number of ether oxygens (including phenoxy) is 1. The Hall–Kier alpha value is -1.38. The molecule has 2 aromatic carbocycles. The van der Waals surface area contributed by atoms with Gasteiger partial charge in [-0.25, -0.2) is 0 Å². The van der Waals surface area contributed by atoms with E-state index in [1.54, 1.807) is 13.2 Å². The van der Waals surface area contributed by atoms with E-state index in [9.17, 15) is 0 Å². The number of methoxy groups -OCH3 is 1. The lowest BCUT2D eigenvalue weighted by Gasteiger charge is -2.15. The first-order valence-corrected chi connectivity index (χ1v) is 7.10. The molecule has 0 fully saturated rings. The summed E-state index contributed by atoms with van der Waals surface area (Å²) in [7, 11) is 1.61. The van der Waals surface area contributed by atoms with Crippen molar-refractivity contribution in [2.75, 3.05) is 12.4 Å². The van der Waals surface area contributed by atoms with Crippen LogP contribution in [-0.4, -0.2) is 7.11 Å². The second kappa shape index (κ2) is 6.38. The Bertz CT molecular complexity index is 626. The van der Waals surface area contributed by atoms with Gasteiger partial charge in [0.05, 0.1) is 12.1 Å². The summed E-state index contributed by atoms with van der Waals surface area (Å²) in [5, 5.41) is 4.53. The molecule has 0 amide bonds. The fraction of sp³-hybridized carbons (Fsp3) is 0.250. The van der Waals surface area contributed by atoms with Crippen molar-refractivity contribution >= 4 is 28.9 Å². The first kappa shape index (κ1) is 15.0. The third-order valence-electron chi connectivity index (χ3n) is 3.36. The standard InChI is InChI=1S/C16H17Cl2NO/c1-10-5-4-6-15(11(10)2)19-9-12-7-13(17)8-14(18)16(12)20-3/h4-8,19H,9H2,1-3H3. The predicted molar refractivity (Wildman–Crippen MR) is 86.3 cm³/mol. The maximum Gasteiger partial charge on any atom is 0.142 e. The van der Waals surface area contributed by atoms with Crippen LogP contribution in [0.15, 0.2) is 30.3 Å². The number of hydrogen-bond acceptors (Lipinski definition) is 2. The molecule has 0 aliphatic rings. The van der Waals surface area contributed by atoms with Gasteiger partial charge >= 0.3 is 0 Å². The Morgan fingerprint density at radius 1 is 1.15 bits per heavy atom. The van der Waals surface area contributed by atoms with Crippen molar-refractivity contribution in [1.82, 2.24) is 0 Å². The van der Waals surface area contributed by atoms with Crippen LogP contribution in [0.25, 0.3) is 0 Å². The molecule has 0 aliphatic carbocycles. The summed E-state index contributed by atoms with van der Waals surface area (Å²) in [5.41, 5.74) is 4.53. The molecule has 2 aromatic rings. The maximum atomic E-state index is 6.14. The molecule has 4 heteroatoms. The molecule has 0 radical (unpaired) electrons. The fourth-order valence-electron chi connectivity index (χ4n) is 2.11. The number of halogens is 2. The van der Waals surface area contributed by atoms with Gasteiger partial charge in [0.1, 0.15) is 5.75 Å². The Morgan fingerprint density at radius 2 is 1.90 bits per heavy atom. The highest BCUT2D eigenvalue weighted by Gasteiger charge is 2.10. The van der Waals surface area contributed by atoms with Crippen molar-refractivity contribution < 1.29 is 4.74 Å². The highest BCUT2D eigenvalue weighted by atomic mass is 35.5. The lowest BCUT2D eigenvalue weighted by atomic mass is 10.1. The molecule has 0 unspecified atom stereocenters. The van der Waals surface area contributed by atoms with Crippen LogP contribution < -0.4 is 10.1 Å². The van der Waals surface area contributed by atoms with Crippen LogP contribution in [0.3, 0.4) is 0 Å². The van der Waals surface area contributed by atoms with Gasteiger partial charge in [-0.3, -0.25) is 0 Å². The van der Waals surface area contributed by atoms with Crippen LogP contribution in [-0.2, 0) is 6.54 Å². The highest BCUT2D eigenvalue weighted by Crippen LogP contribution is 2.32. The molecule has 0 saturated carbocycles. The van der Waals surface area contributed by atoms with Crippen molar-refractivity contribution in [2.45, 2.75) is 20.4 Å². The van der Waals surface area contributed by atoms with Crippen LogP contribution >= 0.6 is 23.2 Å². The van der Waals surface area contributed by atoms with Crippen molar-refractivity contribution in [3.05, 3.63) is 57.1 Å². The lowest BCUT2D eigenvalue weighted by molar-refractivity contribution is 0.410. The van der Waals surface area contributed by atoms with E-state index in [1.807, 2.05) is 12.1 Å². The summed E-state index contributed by atoms with van der Waals surface area (Å²) in [4.78, 5) is 0. The highest BCUT2D eigenvalue weighted by molar-refractivity contribution is 6.35. The number of anilines is 1. The third-order valence-corrected chi connectivity index (χ3v) is 3.86. The van der Waals surface area contributed by atoms with Gasteiger partial charge < -0.3 is 10.1 Å². The number of rotatable bonds is 4. The average molecular weight is 310 g/mol. The van der Waals surface area contributed by atoms with Gasteiger partial charge in [-0.15, -0.1) is 0 Å². The van der Waals surface area contributed by atoms with Crippen LogP contribution in [0.4, 0.5) is 5.69 Å². The SMILES string of the molecule is COc1c(Cl)cc(Cl)cc1CNc1cccc(C)c1C. The van der Waals surface area contributed by atoms with E-state index in [0.717, 1.165) is 11.3 Å². The van der Waals surface area contributed by atoms with E-state index in [1.165, 1.54) is 11.1 Å². The van der Waals surface area contributed by atoms with Gasteiger partial charge in [-0.1, -0.05) is 35.3 Å². The molecule has 2 nitrogen and oxygen atoms in total. The molecule has 0 saturated heterocycles. The zero-order chi connectivity index (χ0) is 14.7. The van der Waals surface area contributed by atoms with E-state index >= 15 is 0 Å². The predicted octanol–water partition coefficient (Wildman–Crippen LogP) is 5.23. The van der Waals surface area contributed by atoms with Crippen molar-refractivity contribution in [2.24, 2.45) is 0 Å². The number of hydrogen-bond donors (Lipinski definition) is 1. The van der Waals surface area contributed by atoms with Crippen LogP contribution in [0, 0.1) is 13.8 Å². The van der Waals surface area contributed by atoms with Gasteiger partial charge in [0, 0.05) is 22.8 Å². The van der Waals surface area contributed by atoms with Gasteiger partial charge in [0.15, 0.2) is 0 Å². The monoisotopic (exact) mass is 309 g/mol. The van der Waals surface area contributed by atoms with E-state index in [2.05, 4.69) is 31.3 Å². The Balaban J connectivity index is 2.25. The summed E-state index contributed by atoms with van der Waals surface area (Å²) in [6, 6.07) is 9.74. The minimum absolute atomic E-state index is 0.526. The molecule has 20 heavy (non-hydrogen) atoms. The summed E-state index contributed by atoms with van der Waals surface area (Å²) < 4.78 is 5.34. The van der Waals surface area contributed by atoms with E-state index in [4.69, 9.17) is 27.9 Å². The second-order valence-electron chi connectivity index (χ2n) is 4.68. The maximum absolute atomic E-state index is 6.14. The summed E-state index contributed by atoms with van der Waals surface area (Å²) in [5.74, 6) is 0.661.